The number of hydrogen-bond donors (Lipinski definition) is 2. The van der Waals surface area contributed by atoms with Gasteiger partial charge in [-0.3, -0.25) is 4.90 Å². The molecule has 144 valence electrons. The molecule has 0 aliphatic carbocycles. The van der Waals surface area contributed by atoms with Gasteiger partial charge in [-0.05, 0) is 24.3 Å². The molecule has 0 aromatic heterocycles. The molecule has 0 atom stereocenters. The minimum absolute atomic E-state index is 0.174. The zero-order valence-corrected chi connectivity index (χ0v) is 16.3. The van der Waals surface area contributed by atoms with Gasteiger partial charge in [-0.1, -0.05) is 23.2 Å². The monoisotopic (exact) mass is 410 g/mol. The van der Waals surface area contributed by atoms with E-state index in [4.69, 9.17) is 32.7 Å². The normalized spacial score (nSPS) is 14.8. The third-order valence-electron chi connectivity index (χ3n) is 4.49. The molecule has 2 aromatic carbocycles. The third kappa shape index (κ3) is 4.65. The Bertz CT molecular complexity index is 839. The molecular formula is C19H20Cl2N2O4. The van der Waals surface area contributed by atoms with E-state index in [0.29, 0.717) is 46.9 Å². The molecular weight excluding hydrogens is 391 g/mol. The molecule has 0 amide bonds. The van der Waals surface area contributed by atoms with Gasteiger partial charge in [0.25, 0.3) is 0 Å². The average molecular weight is 411 g/mol. The Morgan fingerprint density at radius 1 is 1.26 bits per heavy atom. The van der Waals surface area contributed by atoms with Crippen LogP contribution in [0.2, 0.25) is 10.0 Å². The van der Waals surface area contributed by atoms with Crippen molar-refractivity contribution in [3.63, 3.8) is 0 Å². The van der Waals surface area contributed by atoms with Gasteiger partial charge in [0.05, 0.1) is 36.9 Å². The zero-order valence-electron chi connectivity index (χ0n) is 14.8. The number of quaternary nitrogens is 1. The SMILES string of the molecule is COc1c(Cl)cc(Cl)cc1CNc1ccc([NH+]2CCOCC2)c(C(=O)[O-])c1. The topological polar surface area (TPSA) is 75.1 Å². The van der Waals surface area contributed by atoms with Crippen LogP contribution in [0.5, 0.6) is 5.75 Å². The van der Waals surface area contributed by atoms with Gasteiger partial charge in [0, 0.05) is 28.9 Å². The molecule has 0 spiro atoms. The average Bonchev–Trinajstić information content (AvgIpc) is 2.66. The predicted molar refractivity (Wildman–Crippen MR) is 102 cm³/mol. The molecule has 1 saturated heterocycles. The van der Waals surface area contributed by atoms with Crippen molar-refractivity contribution in [3.05, 3.63) is 51.5 Å². The van der Waals surface area contributed by atoms with Crippen LogP contribution in [0.4, 0.5) is 11.4 Å². The molecule has 1 aliphatic rings. The second-order valence-electron chi connectivity index (χ2n) is 6.20. The molecule has 2 N–H and O–H groups in total. The number of carbonyl (C=O) groups excluding carboxylic acids is 1. The molecule has 1 aliphatic heterocycles. The highest BCUT2D eigenvalue weighted by Crippen LogP contribution is 2.32. The molecule has 8 heteroatoms. The van der Waals surface area contributed by atoms with Crippen molar-refractivity contribution in [1.29, 1.82) is 0 Å². The molecule has 1 heterocycles. The number of aromatic carboxylic acids is 1. The van der Waals surface area contributed by atoms with E-state index in [1.54, 1.807) is 18.2 Å². The lowest BCUT2D eigenvalue weighted by Gasteiger charge is -2.26. The number of halogens is 2. The molecule has 1 fully saturated rings. The summed E-state index contributed by atoms with van der Waals surface area (Å²) in [4.78, 5) is 12.7. The van der Waals surface area contributed by atoms with Gasteiger partial charge in [-0.25, -0.2) is 0 Å². The highest BCUT2D eigenvalue weighted by atomic mass is 35.5. The Balaban J connectivity index is 1.82. The first-order valence-corrected chi connectivity index (χ1v) is 9.29. The van der Waals surface area contributed by atoms with Gasteiger partial charge in [0.15, 0.2) is 0 Å². The molecule has 0 saturated carbocycles. The van der Waals surface area contributed by atoms with Gasteiger partial charge in [0.1, 0.15) is 24.5 Å². The Morgan fingerprint density at radius 2 is 2.00 bits per heavy atom. The third-order valence-corrected chi connectivity index (χ3v) is 4.99. The molecule has 27 heavy (non-hydrogen) atoms. The van der Waals surface area contributed by atoms with Crippen LogP contribution < -0.4 is 20.1 Å². The summed E-state index contributed by atoms with van der Waals surface area (Å²) in [5.41, 5.74) is 2.32. The van der Waals surface area contributed by atoms with Crippen molar-refractivity contribution in [2.45, 2.75) is 6.54 Å². The first-order valence-electron chi connectivity index (χ1n) is 8.53. The number of morpholine rings is 1. The molecule has 6 nitrogen and oxygen atoms in total. The van der Waals surface area contributed by atoms with E-state index >= 15 is 0 Å². The van der Waals surface area contributed by atoms with Crippen LogP contribution in [-0.2, 0) is 11.3 Å². The van der Waals surface area contributed by atoms with E-state index in [2.05, 4.69) is 5.32 Å². The highest BCUT2D eigenvalue weighted by Gasteiger charge is 2.21. The first kappa shape index (κ1) is 19.8. The maximum absolute atomic E-state index is 11.6. The van der Waals surface area contributed by atoms with Crippen molar-refractivity contribution in [2.24, 2.45) is 0 Å². The number of carboxylic acid groups (broad SMARTS) is 1. The summed E-state index contributed by atoms with van der Waals surface area (Å²) in [6.07, 6.45) is 0. The summed E-state index contributed by atoms with van der Waals surface area (Å²) in [6, 6.07) is 8.62. The van der Waals surface area contributed by atoms with Crippen molar-refractivity contribution in [2.75, 3.05) is 38.7 Å². The Labute approximate surface area is 167 Å². The van der Waals surface area contributed by atoms with E-state index in [9.17, 15) is 9.90 Å². The number of carboxylic acids is 1. The minimum Gasteiger partial charge on any atom is -0.545 e. The standard InChI is InChI=1S/C19H20Cl2N2O4/c1-26-18-12(8-13(20)9-16(18)21)11-22-14-2-3-17(15(10-14)19(24)25)23-4-6-27-7-5-23/h2-3,8-10,22H,4-7,11H2,1H3,(H,24,25). The maximum atomic E-state index is 11.6. The molecule has 3 rings (SSSR count). The van der Waals surface area contributed by atoms with Gasteiger partial charge in [-0.2, -0.15) is 0 Å². The van der Waals surface area contributed by atoms with Crippen LogP contribution in [0.1, 0.15) is 15.9 Å². The lowest BCUT2D eigenvalue weighted by atomic mass is 10.1. The molecule has 0 radical (unpaired) electrons. The van der Waals surface area contributed by atoms with Crippen LogP contribution >= 0.6 is 23.2 Å². The lowest BCUT2D eigenvalue weighted by molar-refractivity contribution is -0.842. The highest BCUT2D eigenvalue weighted by molar-refractivity contribution is 6.35. The fourth-order valence-electron chi connectivity index (χ4n) is 3.19. The van der Waals surface area contributed by atoms with Gasteiger partial charge in [-0.15, -0.1) is 0 Å². The summed E-state index contributed by atoms with van der Waals surface area (Å²) in [7, 11) is 1.53. The number of benzene rings is 2. The fraction of sp³-hybridized carbons (Fsp3) is 0.316. The second kappa shape index (κ2) is 8.80. The fourth-order valence-corrected chi connectivity index (χ4v) is 3.80. The summed E-state index contributed by atoms with van der Waals surface area (Å²) in [6.45, 7) is 3.05. The van der Waals surface area contributed by atoms with Gasteiger partial charge in [0.2, 0.25) is 0 Å². The number of rotatable bonds is 6. The molecule has 2 aromatic rings. The van der Waals surface area contributed by atoms with Crippen LogP contribution in [0, 0.1) is 0 Å². The van der Waals surface area contributed by atoms with E-state index < -0.39 is 5.97 Å². The van der Waals surface area contributed by atoms with Gasteiger partial charge < -0.3 is 24.7 Å². The Kier molecular flexibility index (Phi) is 6.44. The quantitative estimate of drug-likeness (QED) is 0.754. The minimum atomic E-state index is -1.20. The smallest absolute Gasteiger partial charge is 0.142 e. The van der Waals surface area contributed by atoms with E-state index in [0.717, 1.165) is 23.6 Å². The largest absolute Gasteiger partial charge is 0.545 e. The lowest BCUT2D eigenvalue weighted by Crippen LogP contribution is -3.09. The predicted octanol–water partition coefficient (Wildman–Crippen LogP) is 1.52. The van der Waals surface area contributed by atoms with Crippen molar-refractivity contribution < 1.29 is 24.3 Å². The van der Waals surface area contributed by atoms with Crippen LogP contribution in [0.25, 0.3) is 0 Å². The maximum Gasteiger partial charge on any atom is 0.142 e. The number of carbonyl (C=O) groups is 1. The van der Waals surface area contributed by atoms with E-state index in [-0.39, 0.29) is 5.56 Å². The number of hydrogen-bond acceptors (Lipinski definition) is 5. The molecule has 0 unspecified atom stereocenters. The summed E-state index contributed by atoms with van der Waals surface area (Å²) in [5.74, 6) is -0.668. The van der Waals surface area contributed by atoms with E-state index in [1.807, 2.05) is 12.1 Å². The number of nitrogens with one attached hydrogen (secondary N) is 2. The summed E-state index contributed by atoms with van der Waals surface area (Å²) >= 11 is 12.2. The second-order valence-corrected chi connectivity index (χ2v) is 7.04. The van der Waals surface area contributed by atoms with Crippen LogP contribution in [0.15, 0.2) is 30.3 Å². The summed E-state index contributed by atoms with van der Waals surface area (Å²) < 4.78 is 10.7. The first-order chi connectivity index (χ1) is 13.0. The van der Waals surface area contributed by atoms with Crippen molar-refractivity contribution in [1.82, 2.24) is 0 Å². The Morgan fingerprint density at radius 3 is 2.67 bits per heavy atom. The summed E-state index contributed by atoms with van der Waals surface area (Å²) in [5, 5.41) is 15.8. The number of methoxy groups -OCH3 is 1. The Hall–Kier alpha value is -1.99. The number of ether oxygens (including phenoxy) is 2. The molecule has 0 bridgehead atoms. The zero-order chi connectivity index (χ0) is 19.4. The van der Waals surface area contributed by atoms with Crippen molar-refractivity contribution >= 4 is 40.5 Å². The van der Waals surface area contributed by atoms with Crippen LogP contribution in [0.3, 0.4) is 0 Å². The van der Waals surface area contributed by atoms with Gasteiger partial charge >= 0.3 is 0 Å². The van der Waals surface area contributed by atoms with E-state index in [1.165, 1.54) is 7.11 Å². The van der Waals surface area contributed by atoms with Crippen LogP contribution in [-0.4, -0.2) is 39.4 Å². The van der Waals surface area contributed by atoms with Crippen molar-refractivity contribution in [3.8, 4) is 5.75 Å². The number of anilines is 1.